The Morgan fingerprint density at radius 2 is 2.06 bits per heavy atom. The Bertz CT molecular complexity index is 380. The highest BCUT2D eigenvalue weighted by atomic mass is 79.9. The zero-order valence-corrected chi connectivity index (χ0v) is 12.6. The summed E-state index contributed by atoms with van der Waals surface area (Å²) in [6, 6.07) is 9.24. The Morgan fingerprint density at radius 3 is 2.61 bits per heavy atom. The van der Waals surface area contributed by atoms with Crippen LogP contribution < -0.4 is 5.73 Å². The summed E-state index contributed by atoms with van der Waals surface area (Å²) in [5, 5.41) is 0. The Balaban J connectivity index is 2.24. The van der Waals surface area contributed by atoms with Gasteiger partial charge in [-0.05, 0) is 31.5 Å². The minimum atomic E-state index is 0.103. The molecule has 2 rings (SSSR count). The van der Waals surface area contributed by atoms with Crippen LogP contribution in [-0.4, -0.2) is 36.7 Å². The lowest BCUT2D eigenvalue weighted by Gasteiger charge is -2.41. The first-order valence-corrected chi connectivity index (χ1v) is 7.23. The Hall–Kier alpha value is -0.420. The lowest BCUT2D eigenvalue weighted by atomic mass is 9.97. The van der Waals surface area contributed by atoms with Gasteiger partial charge >= 0.3 is 0 Å². The lowest BCUT2D eigenvalue weighted by molar-refractivity contribution is -0.0268. The van der Waals surface area contributed by atoms with Crippen LogP contribution in [0.2, 0.25) is 0 Å². The summed E-state index contributed by atoms with van der Waals surface area (Å²) in [4.78, 5) is 2.46. The van der Waals surface area contributed by atoms with E-state index in [1.165, 1.54) is 5.56 Å². The topological polar surface area (TPSA) is 38.5 Å². The second-order valence-corrected chi connectivity index (χ2v) is 5.93. The molecule has 3 unspecified atom stereocenters. The standard InChI is InChI=1S/C14H21BrN2O/c1-10-9-18-8-7-17(10)14(11(2)16)12-3-5-13(15)6-4-12/h3-6,10-11,14H,7-9,16H2,1-2H3. The number of ether oxygens (including phenoxy) is 1. The Labute approximate surface area is 117 Å². The molecule has 1 aromatic rings. The SMILES string of the molecule is CC(N)C(c1ccc(Br)cc1)N1CCOCC1C. The van der Waals surface area contributed by atoms with Gasteiger partial charge in [0.25, 0.3) is 0 Å². The van der Waals surface area contributed by atoms with Crippen molar-refractivity contribution in [2.45, 2.75) is 32.0 Å². The molecule has 0 saturated carbocycles. The van der Waals surface area contributed by atoms with Gasteiger partial charge < -0.3 is 10.5 Å². The number of nitrogens with two attached hydrogens (primary N) is 1. The molecule has 1 aromatic carbocycles. The van der Waals surface area contributed by atoms with E-state index in [9.17, 15) is 0 Å². The third-order valence-electron chi connectivity index (χ3n) is 3.49. The maximum atomic E-state index is 6.21. The molecular formula is C14H21BrN2O. The molecule has 3 nitrogen and oxygen atoms in total. The highest BCUT2D eigenvalue weighted by Gasteiger charge is 2.29. The number of halogens is 1. The van der Waals surface area contributed by atoms with E-state index >= 15 is 0 Å². The van der Waals surface area contributed by atoms with Crippen molar-refractivity contribution < 1.29 is 4.74 Å². The number of morpholine rings is 1. The summed E-state index contributed by atoms with van der Waals surface area (Å²) in [5.41, 5.74) is 7.49. The number of nitrogens with zero attached hydrogens (tertiary/aromatic N) is 1. The molecule has 0 spiro atoms. The Morgan fingerprint density at radius 1 is 1.39 bits per heavy atom. The molecule has 0 aromatic heterocycles. The van der Waals surface area contributed by atoms with Crippen LogP contribution in [-0.2, 0) is 4.74 Å². The number of hydrogen-bond donors (Lipinski definition) is 1. The summed E-state index contributed by atoms with van der Waals surface area (Å²) < 4.78 is 6.61. The van der Waals surface area contributed by atoms with Gasteiger partial charge in [-0.15, -0.1) is 0 Å². The first kappa shape index (κ1) is 14.0. The second-order valence-electron chi connectivity index (χ2n) is 5.02. The van der Waals surface area contributed by atoms with Crippen LogP contribution in [0.4, 0.5) is 0 Å². The predicted molar refractivity (Wildman–Crippen MR) is 77.5 cm³/mol. The van der Waals surface area contributed by atoms with Gasteiger partial charge in [0, 0.05) is 23.1 Å². The molecule has 1 fully saturated rings. The smallest absolute Gasteiger partial charge is 0.0620 e. The number of hydrogen-bond acceptors (Lipinski definition) is 3. The average Bonchev–Trinajstić information content (AvgIpc) is 2.34. The molecule has 1 aliphatic rings. The van der Waals surface area contributed by atoms with Crippen LogP contribution in [0.25, 0.3) is 0 Å². The van der Waals surface area contributed by atoms with Gasteiger partial charge in [0.1, 0.15) is 0 Å². The molecule has 18 heavy (non-hydrogen) atoms. The van der Waals surface area contributed by atoms with Gasteiger partial charge in [-0.2, -0.15) is 0 Å². The van der Waals surface area contributed by atoms with Crippen LogP contribution in [0.5, 0.6) is 0 Å². The summed E-state index contributed by atoms with van der Waals surface area (Å²) in [6.45, 7) is 6.82. The van der Waals surface area contributed by atoms with E-state index in [2.05, 4.69) is 58.9 Å². The van der Waals surface area contributed by atoms with Gasteiger partial charge in [-0.3, -0.25) is 4.90 Å². The third kappa shape index (κ3) is 3.12. The zero-order chi connectivity index (χ0) is 13.1. The van der Waals surface area contributed by atoms with Gasteiger partial charge in [-0.1, -0.05) is 28.1 Å². The van der Waals surface area contributed by atoms with Crippen molar-refractivity contribution in [1.82, 2.24) is 4.90 Å². The first-order chi connectivity index (χ1) is 8.59. The van der Waals surface area contributed by atoms with E-state index in [1.807, 2.05) is 0 Å². The Kier molecular flexibility index (Phi) is 4.78. The van der Waals surface area contributed by atoms with E-state index < -0.39 is 0 Å². The van der Waals surface area contributed by atoms with E-state index in [1.54, 1.807) is 0 Å². The highest BCUT2D eigenvalue weighted by molar-refractivity contribution is 9.10. The number of rotatable bonds is 3. The molecule has 0 bridgehead atoms. The van der Waals surface area contributed by atoms with Crippen molar-refractivity contribution in [1.29, 1.82) is 0 Å². The maximum Gasteiger partial charge on any atom is 0.0620 e. The van der Waals surface area contributed by atoms with Crippen LogP contribution >= 0.6 is 15.9 Å². The van der Waals surface area contributed by atoms with Crippen molar-refractivity contribution in [3.63, 3.8) is 0 Å². The molecule has 4 heteroatoms. The zero-order valence-electron chi connectivity index (χ0n) is 11.0. The summed E-state index contributed by atoms with van der Waals surface area (Å²) in [6.07, 6.45) is 0. The molecular weight excluding hydrogens is 292 g/mol. The maximum absolute atomic E-state index is 6.21. The molecule has 0 aliphatic carbocycles. The van der Waals surface area contributed by atoms with Crippen LogP contribution in [0.1, 0.15) is 25.5 Å². The van der Waals surface area contributed by atoms with Crippen molar-refractivity contribution in [2.24, 2.45) is 5.73 Å². The fourth-order valence-electron chi connectivity index (χ4n) is 2.61. The molecule has 0 radical (unpaired) electrons. The molecule has 3 atom stereocenters. The first-order valence-electron chi connectivity index (χ1n) is 6.44. The molecule has 1 heterocycles. The predicted octanol–water partition coefficient (Wildman–Crippen LogP) is 2.56. The van der Waals surface area contributed by atoms with Crippen molar-refractivity contribution in [2.75, 3.05) is 19.8 Å². The lowest BCUT2D eigenvalue weighted by Crippen LogP contribution is -2.50. The summed E-state index contributed by atoms with van der Waals surface area (Å²) >= 11 is 3.47. The van der Waals surface area contributed by atoms with Gasteiger partial charge in [0.15, 0.2) is 0 Å². The van der Waals surface area contributed by atoms with Crippen LogP contribution in [0.3, 0.4) is 0 Å². The van der Waals surface area contributed by atoms with E-state index in [0.717, 1.165) is 24.2 Å². The molecule has 1 saturated heterocycles. The monoisotopic (exact) mass is 312 g/mol. The minimum absolute atomic E-state index is 0.103. The third-order valence-corrected chi connectivity index (χ3v) is 4.01. The van der Waals surface area contributed by atoms with Gasteiger partial charge in [-0.25, -0.2) is 0 Å². The van der Waals surface area contributed by atoms with Gasteiger partial charge in [0.2, 0.25) is 0 Å². The highest BCUT2D eigenvalue weighted by Crippen LogP contribution is 2.28. The molecule has 0 amide bonds. The van der Waals surface area contributed by atoms with Crippen molar-refractivity contribution >= 4 is 15.9 Å². The number of benzene rings is 1. The fourth-order valence-corrected chi connectivity index (χ4v) is 2.87. The second kappa shape index (κ2) is 6.15. The molecule has 2 N–H and O–H groups in total. The quantitative estimate of drug-likeness (QED) is 0.932. The van der Waals surface area contributed by atoms with Crippen molar-refractivity contribution in [3.05, 3.63) is 34.3 Å². The van der Waals surface area contributed by atoms with Crippen LogP contribution in [0.15, 0.2) is 28.7 Å². The largest absolute Gasteiger partial charge is 0.379 e. The average molecular weight is 313 g/mol. The molecule has 1 aliphatic heterocycles. The summed E-state index contributed by atoms with van der Waals surface area (Å²) in [5.74, 6) is 0. The van der Waals surface area contributed by atoms with E-state index in [-0.39, 0.29) is 12.1 Å². The van der Waals surface area contributed by atoms with E-state index in [0.29, 0.717) is 6.04 Å². The fraction of sp³-hybridized carbons (Fsp3) is 0.571. The van der Waals surface area contributed by atoms with Gasteiger partial charge in [0.05, 0.1) is 19.3 Å². The minimum Gasteiger partial charge on any atom is -0.379 e. The molecule has 100 valence electrons. The normalized spacial score (nSPS) is 24.8. The summed E-state index contributed by atoms with van der Waals surface area (Å²) in [7, 11) is 0. The van der Waals surface area contributed by atoms with E-state index in [4.69, 9.17) is 10.5 Å². The van der Waals surface area contributed by atoms with Crippen LogP contribution in [0, 0.1) is 0 Å². The van der Waals surface area contributed by atoms with Crippen molar-refractivity contribution in [3.8, 4) is 0 Å².